The summed E-state index contributed by atoms with van der Waals surface area (Å²) >= 11 is -1.09. The molecule has 25 heavy (non-hydrogen) atoms. The smallest absolute Gasteiger partial charge is 0.136 e. The first-order valence-corrected chi connectivity index (χ1v) is 9.75. The highest BCUT2D eigenvalue weighted by atomic mass is 32.2. The molecule has 3 aromatic rings. The molecule has 0 radical (unpaired) electrons. The molecule has 2 aromatic carbocycles. The molecule has 0 saturated heterocycles. The monoisotopic (exact) mass is 354 g/mol. The minimum atomic E-state index is -1.09. The molecule has 3 rings (SSSR count). The number of aromatic nitrogens is 1. The van der Waals surface area contributed by atoms with Crippen LogP contribution >= 0.6 is 0 Å². The van der Waals surface area contributed by atoms with Crippen molar-refractivity contribution >= 4 is 22.3 Å². The average Bonchev–Trinajstić information content (AvgIpc) is 2.91. The van der Waals surface area contributed by atoms with Crippen LogP contribution in [0.3, 0.4) is 0 Å². The van der Waals surface area contributed by atoms with Gasteiger partial charge in [-0.3, -0.25) is 0 Å². The Morgan fingerprint density at radius 1 is 1.08 bits per heavy atom. The Labute approximate surface area is 153 Å². The van der Waals surface area contributed by atoms with Crippen LogP contribution in [-0.2, 0) is 18.4 Å². The van der Waals surface area contributed by atoms with E-state index in [1.165, 1.54) is 22.0 Å². The number of aryl methyl sites for hydroxylation is 1. The summed E-state index contributed by atoms with van der Waals surface area (Å²) in [6.07, 6.45) is 2.18. The second-order valence-corrected chi connectivity index (χ2v) is 9.51. The van der Waals surface area contributed by atoms with Crippen molar-refractivity contribution in [1.82, 2.24) is 9.29 Å². The minimum absolute atomic E-state index is 0.0273. The maximum atomic E-state index is 12.4. The Kier molecular flexibility index (Phi) is 4.96. The third-order valence-corrected chi connectivity index (χ3v) is 6.12. The number of benzene rings is 2. The number of nitrogens with one attached hydrogen (secondary N) is 1. The third kappa shape index (κ3) is 3.76. The molecule has 2 atom stereocenters. The number of hydrogen-bond acceptors (Lipinski definition) is 2. The van der Waals surface area contributed by atoms with E-state index >= 15 is 0 Å². The summed E-state index contributed by atoms with van der Waals surface area (Å²) in [6, 6.07) is 17.0. The zero-order valence-corrected chi connectivity index (χ0v) is 16.4. The van der Waals surface area contributed by atoms with Crippen molar-refractivity contribution in [1.29, 1.82) is 0 Å². The van der Waals surface area contributed by atoms with E-state index in [0.717, 1.165) is 5.56 Å². The number of fused-ring (bicyclic) bond motifs is 1. The first-order valence-electron chi connectivity index (χ1n) is 8.60. The summed E-state index contributed by atoms with van der Waals surface area (Å²) in [4.78, 5) is 0. The lowest BCUT2D eigenvalue weighted by atomic mass is 10.0. The first-order chi connectivity index (χ1) is 11.8. The molecule has 0 aliphatic heterocycles. The second kappa shape index (κ2) is 6.87. The molecule has 0 amide bonds. The van der Waals surface area contributed by atoms with Crippen LogP contribution in [-0.4, -0.2) is 13.9 Å². The van der Waals surface area contributed by atoms with Crippen LogP contribution in [0.5, 0.6) is 0 Å². The van der Waals surface area contributed by atoms with Crippen molar-refractivity contribution in [2.45, 2.75) is 38.5 Å². The van der Waals surface area contributed by atoms with Crippen molar-refractivity contribution in [3.63, 3.8) is 0 Å². The Bertz CT molecular complexity index is 865. The summed E-state index contributed by atoms with van der Waals surface area (Å²) in [6.45, 7) is 8.01. The van der Waals surface area contributed by atoms with E-state index in [2.05, 4.69) is 71.9 Å². The van der Waals surface area contributed by atoms with Crippen LogP contribution < -0.4 is 4.72 Å². The van der Waals surface area contributed by atoms with E-state index in [1.807, 2.05) is 26.8 Å². The number of hydrogen-bond donors (Lipinski definition) is 1. The molecule has 0 aliphatic carbocycles. The van der Waals surface area contributed by atoms with Gasteiger partial charge in [-0.1, -0.05) is 42.5 Å². The minimum Gasteiger partial charge on any atom is -0.598 e. The fraction of sp³-hybridized carbons (Fsp3) is 0.333. The van der Waals surface area contributed by atoms with E-state index in [9.17, 15) is 4.55 Å². The van der Waals surface area contributed by atoms with Crippen molar-refractivity contribution in [3.05, 3.63) is 60.3 Å². The molecule has 0 saturated carbocycles. The van der Waals surface area contributed by atoms with Gasteiger partial charge in [-0.15, -0.1) is 4.72 Å². The molecule has 1 aromatic heterocycles. The molecule has 0 bridgehead atoms. The first kappa shape index (κ1) is 18.1. The summed E-state index contributed by atoms with van der Waals surface area (Å²) < 4.78 is 17.5. The van der Waals surface area contributed by atoms with Gasteiger partial charge in [0, 0.05) is 41.1 Å². The quantitative estimate of drug-likeness (QED) is 0.673. The largest absolute Gasteiger partial charge is 0.598 e. The lowest BCUT2D eigenvalue weighted by Gasteiger charge is -2.26. The molecule has 1 N–H and O–H groups in total. The highest BCUT2D eigenvalue weighted by Gasteiger charge is 2.28. The lowest BCUT2D eigenvalue weighted by molar-refractivity contribution is 0.531. The Balaban J connectivity index is 1.95. The molecular formula is C21H26N2OS. The fourth-order valence-electron chi connectivity index (χ4n) is 2.92. The van der Waals surface area contributed by atoms with E-state index < -0.39 is 11.4 Å². The maximum absolute atomic E-state index is 12.4. The third-order valence-electron chi connectivity index (χ3n) is 4.44. The van der Waals surface area contributed by atoms with Crippen molar-refractivity contribution in [2.24, 2.45) is 7.05 Å². The predicted octanol–water partition coefficient (Wildman–Crippen LogP) is 4.96. The summed E-state index contributed by atoms with van der Waals surface area (Å²) in [5.74, 6) is 0. The highest BCUT2D eigenvalue weighted by Crippen LogP contribution is 2.32. The van der Waals surface area contributed by atoms with Gasteiger partial charge in [0.25, 0.3) is 0 Å². The number of rotatable bonds is 4. The topological polar surface area (TPSA) is 40.0 Å². The van der Waals surface area contributed by atoms with E-state index in [4.69, 9.17) is 0 Å². The van der Waals surface area contributed by atoms with Crippen LogP contribution in [0.1, 0.15) is 39.3 Å². The highest BCUT2D eigenvalue weighted by molar-refractivity contribution is 7.90. The fourth-order valence-corrected chi connectivity index (χ4v) is 3.73. The van der Waals surface area contributed by atoms with Crippen LogP contribution in [0.25, 0.3) is 22.0 Å². The molecule has 4 heteroatoms. The van der Waals surface area contributed by atoms with E-state index in [1.54, 1.807) is 0 Å². The van der Waals surface area contributed by atoms with Crippen LogP contribution in [0, 0.1) is 0 Å². The van der Waals surface area contributed by atoms with Gasteiger partial charge in [-0.25, -0.2) is 0 Å². The van der Waals surface area contributed by atoms with E-state index in [0.29, 0.717) is 0 Å². The van der Waals surface area contributed by atoms with Gasteiger partial charge >= 0.3 is 0 Å². The molecule has 0 unspecified atom stereocenters. The molecule has 0 fully saturated rings. The zero-order valence-electron chi connectivity index (χ0n) is 15.5. The van der Waals surface area contributed by atoms with Gasteiger partial charge < -0.3 is 9.12 Å². The van der Waals surface area contributed by atoms with Crippen molar-refractivity contribution < 1.29 is 4.55 Å². The lowest BCUT2D eigenvalue weighted by Crippen LogP contribution is -2.40. The Morgan fingerprint density at radius 3 is 2.40 bits per heavy atom. The van der Waals surface area contributed by atoms with Crippen molar-refractivity contribution in [2.75, 3.05) is 0 Å². The summed E-state index contributed by atoms with van der Waals surface area (Å²) in [7, 11) is 2.07. The second-order valence-electron chi connectivity index (χ2n) is 7.52. The summed E-state index contributed by atoms with van der Waals surface area (Å²) in [5, 5.41) is 1.24. The molecule has 3 nitrogen and oxygen atoms in total. The molecule has 1 heterocycles. The van der Waals surface area contributed by atoms with Crippen molar-refractivity contribution in [3.8, 4) is 11.1 Å². The van der Waals surface area contributed by atoms with E-state index in [-0.39, 0.29) is 10.8 Å². The van der Waals surface area contributed by atoms with Gasteiger partial charge in [-0.05, 0) is 44.9 Å². The molecule has 0 aliphatic rings. The predicted molar refractivity (Wildman–Crippen MR) is 108 cm³/mol. The van der Waals surface area contributed by atoms with Gasteiger partial charge in [0.1, 0.15) is 4.75 Å². The molecular weight excluding hydrogens is 328 g/mol. The van der Waals surface area contributed by atoms with Gasteiger partial charge in [0.15, 0.2) is 0 Å². The average molecular weight is 355 g/mol. The standard InChI is InChI=1S/C21H26N2OS/c1-15(22-25(24)21(2,3)4)17-11-12-18-19(14-23(5)20(18)13-17)16-9-7-6-8-10-16/h6-15,22H,1-5H3/t15-,25-/m0/s1. The summed E-state index contributed by atoms with van der Waals surface area (Å²) in [5.41, 5.74) is 4.79. The van der Waals surface area contributed by atoms with Gasteiger partial charge in [0.05, 0.1) is 6.04 Å². The maximum Gasteiger partial charge on any atom is 0.136 e. The Morgan fingerprint density at radius 2 is 1.76 bits per heavy atom. The Hall–Kier alpha value is -1.75. The molecule has 132 valence electrons. The number of nitrogens with zero attached hydrogens (tertiary/aromatic N) is 1. The van der Waals surface area contributed by atoms with Gasteiger partial charge in [-0.2, -0.15) is 0 Å². The van der Waals surface area contributed by atoms with Crippen LogP contribution in [0.4, 0.5) is 0 Å². The molecule has 0 spiro atoms. The zero-order chi connectivity index (χ0) is 18.2. The normalized spacial score (nSPS) is 14.6. The van der Waals surface area contributed by atoms with Crippen LogP contribution in [0.15, 0.2) is 54.7 Å². The van der Waals surface area contributed by atoms with Gasteiger partial charge in [0.2, 0.25) is 0 Å². The SMILES string of the molecule is C[C@H](N[S@@+]([O-])C(C)(C)C)c1ccc2c(-c3ccccc3)cn(C)c2c1. The van der Waals surface area contributed by atoms with Crippen LogP contribution in [0.2, 0.25) is 0 Å².